The molecule has 106 valence electrons. The zero-order valence-corrected chi connectivity index (χ0v) is 12.4. The molecule has 1 atom stereocenters. The van der Waals surface area contributed by atoms with Crippen LogP contribution in [0.3, 0.4) is 0 Å². The molecule has 0 saturated carbocycles. The van der Waals surface area contributed by atoms with Gasteiger partial charge in [0.15, 0.2) is 0 Å². The summed E-state index contributed by atoms with van der Waals surface area (Å²) in [5.74, 6) is 12.2. The van der Waals surface area contributed by atoms with E-state index in [0.29, 0.717) is 12.8 Å². The Morgan fingerprint density at radius 2 is 1.70 bits per heavy atom. The lowest BCUT2D eigenvalue weighted by Crippen LogP contribution is -2.02. The lowest BCUT2D eigenvalue weighted by molar-refractivity contribution is 0.186. The van der Waals surface area contributed by atoms with Crippen LogP contribution in [0.4, 0.5) is 0 Å². The highest BCUT2D eigenvalue weighted by molar-refractivity contribution is 5.33. The molecule has 1 rings (SSSR count). The monoisotopic (exact) mass is 268 g/mol. The molecular formula is C19H24O. The SMILES string of the molecule is CCCCCCC#CCC(O)CC#Cc1ccccc1. The molecule has 20 heavy (non-hydrogen) atoms. The Morgan fingerprint density at radius 1 is 0.950 bits per heavy atom. The Balaban J connectivity index is 2.16. The van der Waals surface area contributed by atoms with Crippen LogP contribution in [0.5, 0.6) is 0 Å². The first kappa shape index (κ1) is 16.4. The van der Waals surface area contributed by atoms with Crippen molar-refractivity contribution in [2.75, 3.05) is 0 Å². The number of aliphatic hydroxyl groups is 1. The van der Waals surface area contributed by atoms with Crippen molar-refractivity contribution in [2.45, 2.75) is 58.0 Å². The Kier molecular flexibility index (Phi) is 9.12. The van der Waals surface area contributed by atoms with Crippen LogP contribution in [-0.4, -0.2) is 11.2 Å². The molecule has 0 bridgehead atoms. The molecule has 1 heteroatoms. The number of rotatable bonds is 6. The van der Waals surface area contributed by atoms with Crippen LogP contribution in [-0.2, 0) is 0 Å². The van der Waals surface area contributed by atoms with Gasteiger partial charge < -0.3 is 5.11 Å². The highest BCUT2D eigenvalue weighted by Gasteiger charge is 1.97. The number of benzene rings is 1. The lowest BCUT2D eigenvalue weighted by Gasteiger charge is -1.99. The minimum absolute atomic E-state index is 0.436. The van der Waals surface area contributed by atoms with Crippen LogP contribution < -0.4 is 0 Å². The summed E-state index contributed by atoms with van der Waals surface area (Å²) in [7, 11) is 0. The number of aliphatic hydroxyl groups excluding tert-OH is 1. The Labute approximate surface area is 123 Å². The fourth-order valence-corrected chi connectivity index (χ4v) is 1.78. The van der Waals surface area contributed by atoms with Crippen LogP contribution in [0.25, 0.3) is 0 Å². The summed E-state index contributed by atoms with van der Waals surface area (Å²) in [5, 5.41) is 9.76. The third-order valence-corrected chi connectivity index (χ3v) is 2.96. The summed E-state index contributed by atoms with van der Waals surface area (Å²) >= 11 is 0. The third-order valence-electron chi connectivity index (χ3n) is 2.96. The van der Waals surface area contributed by atoms with Gasteiger partial charge in [-0.15, -0.1) is 11.8 Å². The van der Waals surface area contributed by atoms with E-state index in [0.717, 1.165) is 12.0 Å². The minimum atomic E-state index is -0.436. The predicted octanol–water partition coefficient (Wildman–Crippen LogP) is 4.15. The van der Waals surface area contributed by atoms with Crippen LogP contribution in [0.1, 0.15) is 57.4 Å². The number of hydrogen-bond acceptors (Lipinski definition) is 1. The van der Waals surface area contributed by atoms with E-state index in [9.17, 15) is 5.11 Å². The summed E-state index contributed by atoms with van der Waals surface area (Å²) in [6.07, 6.45) is 6.50. The van der Waals surface area contributed by atoms with Crippen molar-refractivity contribution in [3.63, 3.8) is 0 Å². The van der Waals surface area contributed by atoms with Crippen LogP contribution in [0, 0.1) is 23.7 Å². The quantitative estimate of drug-likeness (QED) is 0.607. The number of unbranched alkanes of at least 4 members (excludes halogenated alkanes) is 4. The van der Waals surface area contributed by atoms with Crippen molar-refractivity contribution >= 4 is 0 Å². The maximum atomic E-state index is 9.76. The smallest absolute Gasteiger partial charge is 0.0758 e. The second-order valence-corrected chi connectivity index (χ2v) is 4.89. The highest BCUT2D eigenvalue weighted by atomic mass is 16.3. The van der Waals surface area contributed by atoms with Gasteiger partial charge in [0.25, 0.3) is 0 Å². The summed E-state index contributed by atoms with van der Waals surface area (Å²) in [6, 6.07) is 9.83. The standard InChI is InChI=1S/C19H24O/c1-2-3-4-5-6-7-11-16-19(20)17-12-15-18-13-9-8-10-14-18/h8-10,13-14,19-20H,2-6,16-17H2,1H3. The molecule has 0 heterocycles. The fraction of sp³-hybridized carbons (Fsp3) is 0.474. The van der Waals surface area contributed by atoms with Gasteiger partial charge in [0.1, 0.15) is 0 Å². The largest absolute Gasteiger partial charge is 0.391 e. The van der Waals surface area contributed by atoms with Crippen LogP contribution in [0.2, 0.25) is 0 Å². The average Bonchev–Trinajstić information content (AvgIpc) is 2.47. The van der Waals surface area contributed by atoms with Gasteiger partial charge in [0.05, 0.1) is 6.10 Å². The third kappa shape index (κ3) is 8.41. The van der Waals surface area contributed by atoms with Gasteiger partial charge in [-0.2, -0.15) is 0 Å². The molecule has 0 aliphatic heterocycles. The maximum absolute atomic E-state index is 9.76. The zero-order valence-electron chi connectivity index (χ0n) is 12.4. The second-order valence-electron chi connectivity index (χ2n) is 4.89. The Bertz CT molecular complexity index is 467. The number of hydrogen-bond donors (Lipinski definition) is 1. The Morgan fingerprint density at radius 3 is 2.45 bits per heavy atom. The summed E-state index contributed by atoms with van der Waals surface area (Å²) in [5.41, 5.74) is 0.988. The maximum Gasteiger partial charge on any atom is 0.0758 e. The van der Waals surface area contributed by atoms with Gasteiger partial charge in [-0.05, 0) is 18.6 Å². The molecule has 1 aromatic carbocycles. The zero-order chi connectivity index (χ0) is 14.5. The van der Waals surface area contributed by atoms with Gasteiger partial charge in [0.2, 0.25) is 0 Å². The average molecular weight is 268 g/mol. The van der Waals surface area contributed by atoms with Crippen LogP contribution in [0.15, 0.2) is 30.3 Å². The van der Waals surface area contributed by atoms with E-state index in [2.05, 4.69) is 30.6 Å². The molecule has 0 aliphatic carbocycles. The molecule has 0 aliphatic rings. The normalized spacial score (nSPS) is 10.9. The first-order valence-electron chi connectivity index (χ1n) is 7.50. The van der Waals surface area contributed by atoms with Crippen molar-refractivity contribution in [1.82, 2.24) is 0 Å². The van der Waals surface area contributed by atoms with Gasteiger partial charge in [0, 0.05) is 24.8 Å². The molecule has 0 fully saturated rings. The van der Waals surface area contributed by atoms with Crippen molar-refractivity contribution in [2.24, 2.45) is 0 Å². The molecule has 0 spiro atoms. The van der Waals surface area contributed by atoms with E-state index in [-0.39, 0.29) is 0 Å². The molecule has 1 aromatic rings. The van der Waals surface area contributed by atoms with Gasteiger partial charge in [-0.25, -0.2) is 0 Å². The van der Waals surface area contributed by atoms with Gasteiger partial charge in [-0.1, -0.05) is 56.2 Å². The van der Waals surface area contributed by atoms with E-state index in [4.69, 9.17) is 0 Å². The molecular weight excluding hydrogens is 244 g/mol. The summed E-state index contributed by atoms with van der Waals surface area (Å²) in [4.78, 5) is 0. The lowest BCUT2D eigenvalue weighted by atomic mass is 10.1. The van der Waals surface area contributed by atoms with E-state index in [1.807, 2.05) is 30.3 Å². The predicted molar refractivity (Wildman–Crippen MR) is 85.1 cm³/mol. The van der Waals surface area contributed by atoms with E-state index in [1.54, 1.807) is 0 Å². The van der Waals surface area contributed by atoms with Gasteiger partial charge >= 0.3 is 0 Å². The topological polar surface area (TPSA) is 20.2 Å². The van der Waals surface area contributed by atoms with Crippen molar-refractivity contribution in [1.29, 1.82) is 0 Å². The van der Waals surface area contributed by atoms with Crippen LogP contribution >= 0.6 is 0 Å². The fourth-order valence-electron chi connectivity index (χ4n) is 1.78. The van der Waals surface area contributed by atoms with Crippen molar-refractivity contribution < 1.29 is 5.11 Å². The van der Waals surface area contributed by atoms with E-state index in [1.165, 1.54) is 25.7 Å². The van der Waals surface area contributed by atoms with E-state index < -0.39 is 6.10 Å². The molecule has 1 unspecified atom stereocenters. The first-order chi connectivity index (χ1) is 9.83. The molecule has 0 amide bonds. The van der Waals surface area contributed by atoms with E-state index >= 15 is 0 Å². The Hall–Kier alpha value is -1.70. The second kappa shape index (κ2) is 11.2. The molecule has 1 nitrogen and oxygen atoms in total. The van der Waals surface area contributed by atoms with Crippen molar-refractivity contribution in [3.8, 4) is 23.7 Å². The molecule has 0 radical (unpaired) electrons. The van der Waals surface area contributed by atoms with Gasteiger partial charge in [-0.3, -0.25) is 0 Å². The molecule has 1 N–H and O–H groups in total. The summed E-state index contributed by atoms with van der Waals surface area (Å²) < 4.78 is 0. The van der Waals surface area contributed by atoms with Crippen molar-refractivity contribution in [3.05, 3.63) is 35.9 Å². The highest BCUT2D eigenvalue weighted by Crippen LogP contribution is 2.02. The summed E-state index contributed by atoms with van der Waals surface area (Å²) in [6.45, 7) is 2.21. The molecule has 0 saturated heterocycles. The molecule has 0 aromatic heterocycles. The first-order valence-corrected chi connectivity index (χ1v) is 7.50. The minimum Gasteiger partial charge on any atom is -0.391 e.